The molecule has 2 aromatic carbocycles. The largest absolute Gasteiger partial charge is 0.462 e. The smallest absolute Gasteiger partial charge is 0.338 e. The summed E-state index contributed by atoms with van der Waals surface area (Å²) in [5, 5.41) is 0. The van der Waals surface area contributed by atoms with E-state index in [-0.39, 0.29) is 11.5 Å². The molecule has 1 aliphatic heterocycles. The highest BCUT2D eigenvalue weighted by Crippen LogP contribution is 2.28. The lowest BCUT2D eigenvalue weighted by atomic mass is 10.2. The summed E-state index contributed by atoms with van der Waals surface area (Å²) in [7, 11) is -3.78. The lowest BCUT2D eigenvalue weighted by Crippen LogP contribution is -3.14. The Balaban J connectivity index is 1.78. The van der Waals surface area contributed by atoms with Crippen molar-refractivity contribution in [2.45, 2.75) is 18.7 Å². The van der Waals surface area contributed by atoms with Crippen LogP contribution < -0.4 is 14.5 Å². The molecule has 7 nitrogen and oxygen atoms in total. The monoisotopic (exact) mass is 418 g/mol. The molecule has 29 heavy (non-hydrogen) atoms. The van der Waals surface area contributed by atoms with Gasteiger partial charge in [-0.3, -0.25) is 4.72 Å². The first-order valence-electron chi connectivity index (χ1n) is 9.92. The van der Waals surface area contributed by atoms with Crippen LogP contribution >= 0.6 is 0 Å². The number of carbonyl (C=O) groups excluding carboxylic acids is 1. The number of nitrogens with zero attached hydrogens (tertiary/aromatic N) is 1. The van der Waals surface area contributed by atoms with Gasteiger partial charge in [-0.15, -0.1) is 0 Å². The Morgan fingerprint density at radius 3 is 2.34 bits per heavy atom. The van der Waals surface area contributed by atoms with Gasteiger partial charge in [-0.25, -0.2) is 13.2 Å². The predicted molar refractivity (Wildman–Crippen MR) is 113 cm³/mol. The van der Waals surface area contributed by atoms with E-state index < -0.39 is 16.0 Å². The molecule has 2 aromatic rings. The lowest BCUT2D eigenvalue weighted by molar-refractivity contribution is -0.898. The molecule has 0 aromatic heterocycles. The minimum absolute atomic E-state index is 0.0978. The van der Waals surface area contributed by atoms with Gasteiger partial charge in [0.05, 0.1) is 61.2 Å². The normalized spacial score (nSPS) is 15.2. The van der Waals surface area contributed by atoms with Crippen LogP contribution in [0, 0.1) is 0 Å². The van der Waals surface area contributed by atoms with Gasteiger partial charge in [0.25, 0.3) is 10.0 Å². The van der Waals surface area contributed by atoms with Crippen molar-refractivity contribution in [2.75, 3.05) is 49.0 Å². The minimum Gasteiger partial charge on any atom is -0.462 e. The predicted octanol–water partition coefficient (Wildman–Crippen LogP) is 1.39. The molecule has 1 aliphatic rings. The highest BCUT2D eigenvalue weighted by Gasteiger charge is 2.23. The first-order chi connectivity index (χ1) is 13.9. The van der Waals surface area contributed by atoms with Gasteiger partial charge in [-0.2, -0.15) is 0 Å². The maximum absolute atomic E-state index is 12.9. The van der Waals surface area contributed by atoms with Gasteiger partial charge in [-0.1, -0.05) is 12.1 Å². The van der Waals surface area contributed by atoms with Crippen LogP contribution in [-0.4, -0.2) is 53.7 Å². The molecule has 1 saturated heterocycles. The van der Waals surface area contributed by atoms with Gasteiger partial charge in [0.2, 0.25) is 0 Å². The molecule has 2 N–H and O–H groups in total. The number of hydrogen-bond donors (Lipinski definition) is 2. The molecule has 0 unspecified atom stereocenters. The Morgan fingerprint density at radius 1 is 1.07 bits per heavy atom. The number of piperazine rings is 1. The second kappa shape index (κ2) is 9.28. The van der Waals surface area contributed by atoms with E-state index in [0.717, 1.165) is 38.4 Å². The van der Waals surface area contributed by atoms with Crippen LogP contribution in [0.2, 0.25) is 0 Å². The molecule has 0 atom stereocenters. The Morgan fingerprint density at radius 2 is 1.72 bits per heavy atom. The molecule has 0 radical (unpaired) electrons. The summed E-state index contributed by atoms with van der Waals surface area (Å²) in [5.41, 5.74) is 1.76. The Hall–Kier alpha value is -2.58. The summed E-state index contributed by atoms with van der Waals surface area (Å²) in [5.74, 6) is -0.469. The number of esters is 1. The van der Waals surface area contributed by atoms with Gasteiger partial charge >= 0.3 is 5.97 Å². The number of anilines is 2. The van der Waals surface area contributed by atoms with Crippen molar-refractivity contribution in [2.24, 2.45) is 0 Å². The molecule has 0 bridgehead atoms. The number of rotatable bonds is 7. The van der Waals surface area contributed by atoms with Crippen molar-refractivity contribution in [3.05, 3.63) is 54.1 Å². The van der Waals surface area contributed by atoms with E-state index in [4.69, 9.17) is 4.74 Å². The molecule has 0 spiro atoms. The van der Waals surface area contributed by atoms with Crippen LogP contribution in [0.15, 0.2) is 53.4 Å². The number of para-hydroxylation sites is 2. The Labute approximate surface area is 172 Å². The third kappa shape index (κ3) is 5.07. The summed E-state index contributed by atoms with van der Waals surface area (Å²) < 4.78 is 33.4. The topological polar surface area (TPSA) is 80.1 Å². The second-order valence-corrected chi connectivity index (χ2v) is 8.64. The van der Waals surface area contributed by atoms with Crippen LogP contribution in [-0.2, 0) is 14.8 Å². The quantitative estimate of drug-likeness (QED) is 0.665. The third-order valence-electron chi connectivity index (χ3n) is 5.14. The summed E-state index contributed by atoms with van der Waals surface area (Å²) in [4.78, 5) is 15.6. The number of benzene rings is 2. The summed E-state index contributed by atoms with van der Waals surface area (Å²) >= 11 is 0. The summed E-state index contributed by atoms with van der Waals surface area (Å²) in [6.07, 6.45) is 0. The molecule has 3 rings (SSSR count). The van der Waals surface area contributed by atoms with Crippen LogP contribution in [0.25, 0.3) is 0 Å². The molecule has 0 aliphatic carbocycles. The molecule has 0 saturated carbocycles. The molecule has 1 fully saturated rings. The van der Waals surface area contributed by atoms with Crippen molar-refractivity contribution < 1.29 is 22.8 Å². The highest BCUT2D eigenvalue weighted by atomic mass is 32.2. The number of likely N-dealkylation sites (N-methyl/N-ethyl adjacent to an activating group) is 1. The maximum Gasteiger partial charge on any atom is 0.338 e. The van der Waals surface area contributed by atoms with Crippen molar-refractivity contribution in [1.82, 2.24) is 0 Å². The van der Waals surface area contributed by atoms with Crippen molar-refractivity contribution in [1.29, 1.82) is 0 Å². The van der Waals surface area contributed by atoms with Crippen LogP contribution in [0.5, 0.6) is 0 Å². The fraction of sp³-hybridized carbons (Fsp3) is 0.381. The number of quaternary nitrogens is 1. The van der Waals surface area contributed by atoms with E-state index in [1.165, 1.54) is 24.3 Å². The molecule has 0 amide bonds. The first kappa shape index (κ1) is 21.1. The molecule has 156 valence electrons. The zero-order chi connectivity index (χ0) is 20.9. The van der Waals surface area contributed by atoms with Crippen LogP contribution in [0.1, 0.15) is 24.2 Å². The third-order valence-corrected chi connectivity index (χ3v) is 6.52. The van der Waals surface area contributed by atoms with Crippen LogP contribution in [0.3, 0.4) is 0 Å². The Bertz CT molecular complexity index is 937. The van der Waals surface area contributed by atoms with Gasteiger partial charge < -0.3 is 14.5 Å². The fourth-order valence-corrected chi connectivity index (χ4v) is 4.52. The minimum atomic E-state index is -3.78. The van der Waals surface area contributed by atoms with Gasteiger partial charge in [0, 0.05) is 0 Å². The average molecular weight is 419 g/mol. The summed E-state index contributed by atoms with van der Waals surface area (Å²) in [6.45, 7) is 9.11. The maximum atomic E-state index is 12.9. The van der Waals surface area contributed by atoms with Gasteiger partial charge in [-0.05, 0) is 50.2 Å². The van der Waals surface area contributed by atoms with E-state index in [1.54, 1.807) is 17.9 Å². The zero-order valence-electron chi connectivity index (χ0n) is 16.8. The SMILES string of the molecule is CCOC(=O)c1ccc(S(=O)(=O)Nc2ccccc2N2CC[NH+](CC)CC2)cc1. The van der Waals surface area contributed by atoms with E-state index in [1.807, 2.05) is 18.2 Å². The van der Waals surface area contributed by atoms with Crippen molar-refractivity contribution in [3.8, 4) is 0 Å². The molecule has 8 heteroatoms. The van der Waals surface area contributed by atoms with E-state index in [2.05, 4.69) is 16.5 Å². The molecule has 1 heterocycles. The number of carbonyl (C=O) groups is 1. The number of nitrogens with one attached hydrogen (secondary N) is 2. The lowest BCUT2D eigenvalue weighted by Gasteiger charge is -2.34. The van der Waals surface area contributed by atoms with Gasteiger partial charge in [0.15, 0.2) is 0 Å². The van der Waals surface area contributed by atoms with E-state index >= 15 is 0 Å². The van der Waals surface area contributed by atoms with E-state index in [0.29, 0.717) is 11.3 Å². The Kier molecular flexibility index (Phi) is 6.76. The average Bonchev–Trinajstić information content (AvgIpc) is 2.74. The highest BCUT2D eigenvalue weighted by molar-refractivity contribution is 7.92. The standard InChI is InChI=1S/C21H27N3O4S/c1-3-23-13-15-24(16-14-23)20-8-6-5-7-19(20)22-29(26,27)18-11-9-17(10-12-18)21(25)28-4-2/h5-12,22H,3-4,13-16H2,1-2H3/p+1. The van der Waals surface area contributed by atoms with Gasteiger partial charge in [0.1, 0.15) is 0 Å². The second-order valence-electron chi connectivity index (χ2n) is 6.96. The number of sulfonamides is 1. The van der Waals surface area contributed by atoms with Crippen molar-refractivity contribution >= 4 is 27.4 Å². The number of hydrogen-bond acceptors (Lipinski definition) is 5. The fourth-order valence-electron chi connectivity index (χ4n) is 3.44. The molecular weight excluding hydrogens is 390 g/mol. The molecular formula is C21H28N3O4S+. The van der Waals surface area contributed by atoms with Crippen molar-refractivity contribution in [3.63, 3.8) is 0 Å². The first-order valence-corrected chi connectivity index (χ1v) is 11.4. The van der Waals surface area contributed by atoms with E-state index in [9.17, 15) is 13.2 Å². The number of ether oxygens (including phenoxy) is 1. The summed E-state index contributed by atoms with van der Waals surface area (Å²) in [6, 6.07) is 13.2. The zero-order valence-corrected chi connectivity index (χ0v) is 17.7. The van der Waals surface area contributed by atoms with Crippen LogP contribution in [0.4, 0.5) is 11.4 Å².